The molecular weight excluding hydrogens is 506 g/mol. The van der Waals surface area contributed by atoms with Gasteiger partial charge in [0.25, 0.3) is 0 Å². The zero-order valence-electron chi connectivity index (χ0n) is 16.0. The van der Waals surface area contributed by atoms with E-state index in [4.69, 9.17) is 9.47 Å². The topological polar surface area (TPSA) is 54.9 Å². The van der Waals surface area contributed by atoms with Crippen molar-refractivity contribution >= 4 is 41.7 Å². The summed E-state index contributed by atoms with van der Waals surface area (Å²) < 4.78 is 46.8. The maximum absolute atomic E-state index is 12.2. The van der Waals surface area contributed by atoms with Gasteiger partial charge in [0.15, 0.2) is 12.6 Å². The molecule has 1 heterocycles. The Hall–Kier alpha value is -0.880. The Bertz CT molecular complexity index is 609. The Kier molecular flexibility index (Phi) is 10.7. The minimum atomic E-state index is -4.34. The Morgan fingerprint density at radius 3 is 2.39 bits per heavy atom. The predicted octanol–water partition coefficient (Wildman–Crippen LogP) is 3.82. The monoisotopic (exact) mass is 533 g/mol. The summed E-state index contributed by atoms with van der Waals surface area (Å²) >= 11 is 1.85. The highest BCUT2D eigenvalue weighted by Crippen LogP contribution is 2.32. The number of hydrogen-bond donors (Lipinski definition) is 2. The number of aliphatic imine (C=N–C) groups is 1. The fraction of sp³-hybridized carbons (Fsp3) is 0.611. The molecule has 1 aromatic carbocycles. The smallest absolute Gasteiger partial charge is 0.422 e. The molecule has 0 unspecified atom stereocenters. The number of nitrogens with one attached hydrogen (secondary N) is 2. The summed E-state index contributed by atoms with van der Waals surface area (Å²) in [6.45, 7) is 1.56. The average Bonchev–Trinajstić information content (AvgIpc) is 2.67. The lowest BCUT2D eigenvalue weighted by Crippen LogP contribution is -2.47. The molecule has 0 radical (unpaired) electrons. The molecule has 10 heteroatoms. The largest absolute Gasteiger partial charge is 0.484 e. The Morgan fingerprint density at radius 2 is 1.86 bits per heavy atom. The molecule has 0 aliphatic carbocycles. The van der Waals surface area contributed by atoms with Crippen LogP contribution in [0, 0.1) is 0 Å². The molecule has 2 N–H and O–H groups in total. The van der Waals surface area contributed by atoms with Gasteiger partial charge in [-0.15, -0.1) is 24.0 Å². The third-order valence-corrected chi connectivity index (χ3v) is 5.84. The van der Waals surface area contributed by atoms with Crippen LogP contribution in [0.5, 0.6) is 5.75 Å². The molecule has 5 nitrogen and oxygen atoms in total. The van der Waals surface area contributed by atoms with Gasteiger partial charge in [-0.05, 0) is 36.8 Å². The molecule has 1 aliphatic heterocycles. The Labute approximate surface area is 185 Å². The first kappa shape index (κ1) is 25.2. The van der Waals surface area contributed by atoms with Gasteiger partial charge in [-0.25, -0.2) is 0 Å². The first-order valence-electron chi connectivity index (χ1n) is 8.72. The van der Waals surface area contributed by atoms with Gasteiger partial charge in [0, 0.05) is 38.1 Å². The number of hydrogen-bond acceptors (Lipinski definition) is 4. The van der Waals surface area contributed by atoms with E-state index >= 15 is 0 Å². The van der Waals surface area contributed by atoms with Gasteiger partial charge in [0.2, 0.25) is 0 Å². The van der Waals surface area contributed by atoms with Crippen molar-refractivity contribution in [1.82, 2.24) is 10.6 Å². The maximum Gasteiger partial charge on any atom is 0.422 e. The van der Waals surface area contributed by atoms with Gasteiger partial charge < -0.3 is 20.1 Å². The summed E-state index contributed by atoms with van der Waals surface area (Å²) in [6, 6.07) is 6.52. The predicted molar refractivity (Wildman–Crippen MR) is 118 cm³/mol. The molecule has 1 fully saturated rings. The van der Waals surface area contributed by atoms with E-state index in [1.807, 2.05) is 11.8 Å². The number of guanidine groups is 1. The molecule has 0 saturated carbocycles. The molecule has 0 atom stereocenters. The van der Waals surface area contributed by atoms with Crippen molar-refractivity contribution in [3.8, 4) is 5.75 Å². The molecule has 0 bridgehead atoms. The van der Waals surface area contributed by atoms with Gasteiger partial charge in [0.1, 0.15) is 5.75 Å². The van der Waals surface area contributed by atoms with E-state index in [1.54, 1.807) is 19.2 Å². The van der Waals surface area contributed by atoms with Crippen LogP contribution in [-0.2, 0) is 11.3 Å². The summed E-state index contributed by atoms with van der Waals surface area (Å²) in [5, 5.41) is 6.58. The van der Waals surface area contributed by atoms with Crippen LogP contribution in [0.25, 0.3) is 0 Å². The minimum absolute atomic E-state index is 0. The van der Waals surface area contributed by atoms with Crippen molar-refractivity contribution < 1.29 is 22.6 Å². The second-order valence-corrected chi connectivity index (χ2v) is 7.60. The molecule has 28 heavy (non-hydrogen) atoms. The normalized spacial score (nSPS) is 16.8. The second kappa shape index (κ2) is 12.0. The van der Waals surface area contributed by atoms with Crippen LogP contribution in [0.3, 0.4) is 0 Å². The van der Waals surface area contributed by atoms with Crippen molar-refractivity contribution in [1.29, 1.82) is 0 Å². The van der Waals surface area contributed by atoms with E-state index in [-0.39, 0.29) is 34.5 Å². The van der Waals surface area contributed by atoms with Crippen molar-refractivity contribution in [3.05, 3.63) is 29.8 Å². The van der Waals surface area contributed by atoms with E-state index in [2.05, 4.69) is 21.9 Å². The zero-order valence-corrected chi connectivity index (χ0v) is 19.1. The molecular formula is C18H27F3IN3O2S. The van der Waals surface area contributed by atoms with Crippen LogP contribution in [-0.4, -0.2) is 56.6 Å². The van der Waals surface area contributed by atoms with E-state index in [1.165, 1.54) is 12.1 Å². The second-order valence-electron chi connectivity index (χ2n) is 6.33. The van der Waals surface area contributed by atoms with Crippen molar-refractivity contribution in [2.45, 2.75) is 30.3 Å². The van der Waals surface area contributed by atoms with E-state index in [0.717, 1.165) is 38.2 Å². The van der Waals surface area contributed by atoms with Crippen LogP contribution in [0.2, 0.25) is 0 Å². The summed E-state index contributed by atoms with van der Waals surface area (Å²) in [4.78, 5) is 4.23. The van der Waals surface area contributed by atoms with Crippen LogP contribution < -0.4 is 15.4 Å². The maximum atomic E-state index is 12.2. The van der Waals surface area contributed by atoms with E-state index < -0.39 is 12.8 Å². The van der Waals surface area contributed by atoms with Crippen LogP contribution in [0.15, 0.2) is 29.3 Å². The lowest BCUT2D eigenvalue weighted by Gasteiger charge is -2.36. The zero-order chi connectivity index (χ0) is 19.8. The van der Waals surface area contributed by atoms with Crippen molar-refractivity contribution in [2.75, 3.05) is 39.7 Å². The summed E-state index contributed by atoms with van der Waals surface area (Å²) in [7, 11) is 1.71. The lowest BCUT2D eigenvalue weighted by atomic mass is 9.99. The molecule has 160 valence electrons. The summed E-state index contributed by atoms with van der Waals surface area (Å²) in [5.41, 5.74) is 0.919. The average molecular weight is 533 g/mol. The highest BCUT2D eigenvalue weighted by molar-refractivity contribution is 14.0. The van der Waals surface area contributed by atoms with E-state index in [0.29, 0.717) is 12.5 Å². The molecule has 1 saturated heterocycles. The molecule has 1 aliphatic rings. The number of rotatable bonds is 7. The van der Waals surface area contributed by atoms with E-state index in [9.17, 15) is 13.2 Å². The molecule has 2 rings (SSSR count). The highest BCUT2D eigenvalue weighted by atomic mass is 127. The third-order valence-electron chi connectivity index (χ3n) is 4.42. The highest BCUT2D eigenvalue weighted by Gasteiger charge is 2.31. The van der Waals surface area contributed by atoms with Gasteiger partial charge in [-0.1, -0.05) is 12.1 Å². The summed E-state index contributed by atoms with van der Waals surface area (Å²) in [5.74, 6) is 0.882. The number of nitrogens with zero attached hydrogens (tertiary/aromatic N) is 1. The Morgan fingerprint density at radius 1 is 1.21 bits per heavy atom. The van der Waals surface area contributed by atoms with Crippen LogP contribution in [0.4, 0.5) is 13.2 Å². The Balaban J connectivity index is 0.00000392. The quantitative estimate of drug-likeness (QED) is 0.317. The number of alkyl halides is 3. The molecule has 1 aromatic rings. The SMILES string of the molecule is CN=C(NCc1ccc(OCC(F)(F)F)cc1)NCC1(SC)CCOCC1.I. The number of halogens is 4. The first-order valence-corrected chi connectivity index (χ1v) is 9.94. The van der Waals surface area contributed by atoms with Crippen LogP contribution >= 0.6 is 35.7 Å². The summed E-state index contributed by atoms with van der Waals surface area (Å²) in [6.07, 6.45) is -0.225. The number of benzene rings is 1. The third kappa shape index (κ3) is 8.64. The lowest BCUT2D eigenvalue weighted by molar-refractivity contribution is -0.153. The first-order chi connectivity index (χ1) is 12.9. The van der Waals surface area contributed by atoms with Crippen molar-refractivity contribution in [2.24, 2.45) is 4.99 Å². The fourth-order valence-corrected chi connectivity index (χ4v) is 3.51. The van der Waals surface area contributed by atoms with Crippen LogP contribution in [0.1, 0.15) is 18.4 Å². The standard InChI is InChI=1S/C18H26F3N3O2S.HI/c1-22-16(24-12-17(27-2)7-9-25-10-8-17)23-11-14-3-5-15(6-4-14)26-13-18(19,20)21;/h3-6H,7-13H2,1-2H3,(H2,22,23,24);1H. The fourth-order valence-electron chi connectivity index (χ4n) is 2.72. The van der Waals surface area contributed by atoms with Gasteiger partial charge in [-0.2, -0.15) is 24.9 Å². The molecule has 0 aromatic heterocycles. The number of ether oxygens (including phenoxy) is 2. The van der Waals surface area contributed by atoms with Gasteiger partial charge in [0.05, 0.1) is 0 Å². The number of thioether (sulfide) groups is 1. The minimum Gasteiger partial charge on any atom is -0.484 e. The van der Waals surface area contributed by atoms with Crippen molar-refractivity contribution in [3.63, 3.8) is 0 Å². The van der Waals surface area contributed by atoms with Gasteiger partial charge >= 0.3 is 6.18 Å². The van der Waals surface area contributed by atoms with Gasteiger partial charge in [-0.3, -0.25) is 4.99 Å². The molecule has 0 amide bonds. The molecule has 0 spiro atoms.